The molecular formula is C16H9Cl2FO4S. The van der Waals surface area contributed by atoms with Gasteiger partial charge in [0.1, 0.15) is 22.3 Å². The third-order valence-corrected chi connectivity index (χ3v) is 5.39. The highest BCUT2D eigenvalue weighted by atomic mass is 35.5. The molecule has 0 fully saturated rings. The van der Waals surface area contributed by atoms with Crippen LogP contribution in [0.2, 0.25) is 10.0 Å². The van der Waals surface area contributed by atoms with Gasteiger partial charge in [-0.15, -0.1) is 11.3 Å². The zero-order valence-corrected chi connectivity index (χ0v) is 14.2. The average Bonchev–Trinajstić information content (AvgIpc) is 2.93. The summed E-state index contributed by atoms with van der Waals surface area (Å²) in [6.45, 7) is -0.550. The average molecular weight is 387 g/mol. The van der Waals surface area contributed by atoms with E-state index in [0.717, 1.165) is 6.07 Å². The number of phenols is 1. The quantitative estimate of drug-likeness (QED) is 0.647. The van der Waals surface area contributed by atoms with Gasteiger partial charge in [-0.1, -0.05) is 23.2 Å². The van der Waals surface area contributed by atoms with E-state index in [1.54, 1.807) is 12.1 Å². The third kappa shape index (κ3) is 3.13. The summed E-state index contributed by atoms with van der Waals surface area (Å²) in [5, 5.41) is 19.0. The minimum Gasteiger partial charge on any atom is -0.508 e. The van der Waals surface area contributed by atoms with Crippen LogP contribution in [0.4, 0.5) is 4.39 Å². The van der Waals surface area contributed by atoms with E-state index in [4.69, 9.17) is 33.0 Å². The second kappa shape index (κ2) is 6.47. The van der Waals surface area contributed by atoms with Crippen molar-refractivity contribution in [3.8, 4) is 21.9 Å². The van der Waals surface area contributed by atoms with Crippen molar-refractivity contribution in [3.63, 3.8) is 0 Å². The lowest BCUT2D eigenvalue weighted by molar-refractivity contribution is -0.139. The molecule has 0 unspecified atom stereocenters. The Morgan fingerprint density at radius 3 is 2.62 bits per heavy atom. The zero-order valence-electron chi connectivity index (χ0n) is 11.8. The summed E-state index contributed by atoms with van der Waals surface area (Å²) in [6.07, 6.45) is 0. The number of hydrogen-bond donors (Lipinski definition) is 2. The van der Waals surface area contributed by atoms with Crippen molar-refractivity contribution in [2.75, 3.05) is 6.61 Å². The van der Waals surface area contributed by atoms with Crippen molar-refractivity contribution in [1.29, 1.82) is 0 Å². The molecule has 8 heteroatoms. The minimum atomic E-state index is -1.14. The fourth-order valence-corrected chi connectivity index (χ4v) is 3.86. The number of hydrogen-bond acceptors (Lipinski definition) is 4. The molecule has 24 heavy (non-hydrogen) atoms. The second-order valence-electron chi connectivity index (χ2n) is 4.88. The maximum absolute atomic E-state index is 14.0. The first-order chi connectivity index (χ1) is 11.4. The number of phenolic OH excluding ortho intramolecular Hbond substituents is 1. The molecule has 1 aromatic heterocycles. The molecule has 0 spiro atoms. The Balaban J connectivity index is 2.10. The number of rotatable bonds is 4. The number of thiophene rings is 1. The van der Waals surface area contributed by atoms with Crippen LogP contribution < -0.4 is 4.74 Å². The fourth-order valence-electron chi connectivity index (χ4n) is 2.18. The first kappa shape index (κ1) is 16.8. The Kier molecular flexibility index (Phi) is 4.54. The van der Waals surface area contributed by atoms with Crippen molar-refractivity contribution >= 4 is 50.6 Å². The highest BCUT2D eigenvalue weighted by Crippen LogP contribution is 2.45. The van der Waals surface area contributed by atoms with Crippen LogP contribution in [0.15, 0.2) is 30.3 Å². The predicted molar refractivity (Wildman–Crippen MR) is 92.0 cm³/mol. The lowest BCUT2D eigenvalue weighted by atomic mass is 10.1. The maximum atomic E-state index is 14.0. The van der Waals surface area contributed by atoms with Gasteiger partial charge in [-0.25, -0.2) is 9.18 Å². The molecule has 0 atom stereocenters. The molecule has 0 aliphatic carbocycles. The molecule has 124 valence electrons. The maximum Gasteiger partial charge on any atom is 0.341 e. The van der Waals surface area contributed by atoms with Crippen molar-refractivity contribution in [2.45, 2.75) is 0 Å². The van der Waals surface area contributed by atoms with E-state index >= 15 is 0 Å². The summed E-state index contributed by atoms with van der Waals surface area (Å²) in [5.41, 5.74) is 0.314. The SMILES string of the molecule is O=C(O)COc1cc2cc(-c3ccc(O)cc3F)sc2c(Cl)c1Cl. The van der Waals surface area contributed by atoms with Gasteiger partial charge in [0.25, 0.3) is 0 Å². The van der Waals surface area contributed by atoms with E-state index in [9.17, 15) is 14.3 Å². The molecular weight excluding hydrogens is 378 g/mol. The van der Waals surface area contributed by atoms with E-state index in [1.165, 1.54) is 23.5 Å². The van der Waals surface area contributed by atoms with Gasteiger partial charge in [-0.05, 0) is 29.7 Å². The number of aliphatic carboxylic acids is 1. The van der Waals surface area contributed by atoms with Gasteiger partial charge in [0.2, 0.25) is 0 Å². The van der Waals surface area contributed by atoms with Crippen LogP contribution in [-0.2, 0) is 4.79 Å². The summed E-state index contributed by atoms with van der Waals surface area (Å²) in [5.74, 6) is -1.72. The number of aromatic hydroxyl groups is 1. The van der Waals surface area contributed by atoms with Gasteiger partial charge in [0.15, 0.2) is 6.61 Å². The van der Waals surface area contributed by atoms with Crippen LogP contribution in [-0.4, -0.2) is 22.8 Å². The Morgan fingerprint density at radius 1 is 1.21 bits per heavy atom. The molecule has 0 saturated heterocycles. The molecule has 0 aliphatic rings. The van der Waals surface area contributed by atoms with E-state index in [0.29, 0.717) is 20.5 Å². The van der Waals surface area contributed by atoms with Crippen LogP contribution in [0.3, 0.4) is 0 Å². The number of benzene rings is 2. The Labute approximate surface area is 149 Å². The van der Waals surface area contributed by atoms with Gasteiger partial charge >= 0.3 is 5.97 Å². The molecule has 0 radical (unpaired) electrons. The highest BCUT2D eigenvalue weighted by molar-refractivity contribution is 7.23. The third-order valence-electron chi connectivity index (χ3n) is 3.23. The Hall–Kier alpha value is -2.02. The molecule has 4 nitrogen and oxygen atoms in total. The molecule has 3 rings (SSSR count). The van der Waals surface area contributed by atoms with Crippen LogP contribution in [0.1, 0.15) is 0 Å². The smallest absolute Gasteiger partial charge is 0.341 e. The molecule has 0 saturated carbocycles. The summed E-state index contributed by atoms with van der Waals surface area (Å²) >= 11 is 13.6. The molecule has 2 aromatic carbocycles. The lowest BCUT2D eigenvalue weighted by Gasteiger charge is -2.07. The molecule has 1 heterocycles. The largest absolute Gasteiger partial charge is 0.508 e. The topological polar surface area (TPSA) is 66.8 Å². The summed E-state index contributed by atoms with van der Waals surface area (Å²) in [6, 6.07) is 7.14. The number of ether oxygens (including phenoxy) is 1. The number of carboxylic acids is 1. The zero-order chi connectivity index (χ0) is 17.4. The number of carboxylic acid groups (broad SMARTS) is 1. The number of carbonyl (C=O) groups is 1. The second-order valence-corrected chi connectivity index (χ2v) is 6.69. The first-order valence-electron chi connectivity index (χ1n) is 6.62. The van der Waals surface area contributed by atoms with E-state index < -0.39 is 18.4 Å². The van der Waals surface area contributed by atoms with Gasteiger partial charge < -0.3 is 14.9 Å². The molecule has 0 aliphatic heterocycles. The van der Waals surface area contributed by atoms with Gasteiger partial charge in [0.05, 0.1) is 9.72 Å². The van der Waals surface area contributed by atoms with Crippen LogP contribution in [0.5, 0.6) is 11.5 Å². The van der Waals surface area contributed by atoms with Gasteiger partial charge in [-0.2, -0.15) is 0 Å². The Morgan fingerprint density at radius 2 is 1.96 bits per heavy atom. The van der Waals surface area contributed by atoms with Gasteiger partial charge in [-0.3, -0.25) is 0 Å². The predicted octanol–water partition coefficient (Wildman–Crippen LogP) is 5.18. The molecule has 3 aromatic rings. The monoisotopic (exact) mass is 386 g/mol. The lowest BCUT2D eigenvalue weighted by Crippen LogP contribution is -2.09. The van der Waals surface area contributed by atoms with E-state index in [2.05, 4.69) is 0 Å². The van der Waals surface area contributed by atoms with Crippen LogP contribution in [0, 0.1) is 5.82 Å². The molecule has 0 bridgehead atoms. The Bertz CT molecular complexity index is 955. The number of fused-ring (bicyclic) bond motifs is 1. The van der Waals surface area contributed by atoms with Gasteiger partial charge in [0, 0.05) is 16.5 Å². The van der Waals surface area contributed by atoms with Crippen molar-refractivity contribution < 1.29 is 24.1 Å². The summed E-state index contributed by atoms with van der Waals surface area (Å²) in [4.78, 5) is 11.2. The summed E-state index contributed by atoms with van der Waals surface area (Å²) in [7, 11) is 0. The van der Waals surface area contributed by atoms with E-state index in [1.807, 2.05) is 0 Å². The van der Waals surface area contributed by atoms with E-state index in [-0.39, 0.29) is 21.5 Å². The summed E-state index contributed by atoms with van der Waals surface area (Å²) < 4.78 is 19.8. The first-order valence-corrected chi connectivity index (χ1v) is 8.19. The van der Waals surface area contributed by atoms with Crippen LogP contribution >= 0.6 is 34.5 Å². The standard InChI is InChI=1S/C16H9Cl2FO4S/c17-14-11(23-6-13(21)22)3-7-4-12(24-16(7)15(14)18)9-2-1-8(20)5-10(9)19/h1-5,20H,6H2,(H,21,22). The fraction of sp³-hybridized carbons (Fsp3) is 0.0625. The van der Waals surface area contributed by atoms with Crippen molar-refractivity contribution in [3.05, 3.63) is 46.2 Å². The van der Waals surface area contributed by atoms with Crippen molar-refractivity contribution in [1.82, 2.24) is 0 Å². The normalized spacial score (nSPS) is 11.0. The highest BCUT2D eigenvalue weighted by Gasteiger charge is 2.17. The molecule has 0 amide bonds. The number of halogens is 3. The van der Waals surface area contributed by atoms with Crippen LogP contribution in [0.25, 0.3) is 20.5 Å². The molecule has 2 N–H and O–H groups in total. The van der Waals surface area contributed by atoms with Crippen molar-refractivity contribution in [2.24, 2.45) is 0 Å². The minimum absolute atomic E-state index is 0.102.